The van der Waals surface area contributed by atoms with Crippen LogP contribution in [0.1, 0.15) is 65.8 Å². The number of amides is 1. The van der Waals surface area contributed by atoms with Crippen LogP contribution in [0.3, 0.4) is 0 Å². The molecule has 9 nitrogen and oxygen atoms in total. The maximum atomic E-state index is 12.9. The summed E-state index contributed by atoms with van der Waals surface area (Å²) in [6.07, 6.45) is 5.06. The van der Waals surface area contributed by atoms with Crippen LogP contribution in [0, 0.1) is 48.6 Å². The molecular formula is C20H27N5O4. The second-order valence-corrected chi connectivity index (χ2v) is 8.60. The maximum absolute atomic E-state index is 12.9. The van der Waals surface area contributed by atoms with E-state index in [2.05, 4.69) is 22.5 Å². The van der Waals surface area contributed by atoms with Gasteiger partial charge in [0.25, 0.3) is 5.91 Å². The van der Waals surface area contributed by atoms with E-state index in [0.717, 1.165) is 5.92 Å². The van der Waals surface area contributed by atoms with Crippen molar-refractivity contribution >= 4 is 11.6 Å². The molecule has 4 atom stereocenters. The summed E-state index contributed by atoms with van der Waals surface area (Å²) in [6.45, 7) is 7.25. The van der Waals surface area contributed by atoms with Crippen molar-refractivity contribution in [2.45, 2.75) is 66.0 Å². The summed E-state index contributed by atoms with van der Waals surface area (Å²) < 4.78 is 6.81. The van der Waals surface area contributed by atoms with Gasteiger partial charge in [0.05, 0.1) is 11.5 Å². The first-order valence-electron chi connectivity index (χ1n) is 10.2. The second-order valence-electron chi connectivity index (χ2n) is 8.60. The number of hydrogen-bond acceptors (Lipinski definition) is 6. The van der Waals surface area contributed by atoms with Crippen molar-refractivity contribution in [3.8, 4) is 0 Å². The molecule has 2 aromatic rings. The highest BCUT2D eigenvalue weighted by Crippen LogP contribution is 2.49. The number of nitro groups is 1. The lowest BCUT2D eigenvalue weighted by molar-refractivity contribution is -0.386. The highest BCUT2D eigenvalue weighted by atomic mass is 16.6. The van der Waals surface area contributed by atoms with Gasteiger partial charge in [-0.2, -0.15) is 5.10 Å². The van der Waals surface area contributed by atoms with E-state index < -0.39 is 4.92 Å². The van der Waals surface area contributed by atoms with Gasteiger partial charge >= 0.3 is 5.69 Å². The van der Waals surface area contributed by atoms with E-state index >= 15 is 0 Å². The number of carbonyl (C=O) groups is 1. The molecule has 0 aliphatic heterocycles. The van der Waals surface area contributed by atoms with Crippen LogP contribution in [0.5, 0.6) is 0 Å². The van der Waals surface area contributed by atoms with Gasteiger partial charge < -0.3 is 9.84 Å². The van der Waals surface area contributed by atoms with E-state index in [1.54, 1.807) is 20.8 Å². The number of aryl methyl sites for hydroxylation is 2. The minimum absolute atomic E-state index is 0.00461. The highest BCUT2D eigenvalue weighted by molar-refractivity contribution is 5.94. The van der Waals surface area contributed by atoms with Crippen LogP contribution in [0.15, 0.2) is 4.52 Å². The predicted octanol–water partition coefficient (Wildman–Crippen LogP) is 3.31. The maximum Gasteiger partial charge on any atom is 0.312 e. The summed E-state index contributed by atoms with van der Waals surface area (Å²) in [7, 11) is 0. The largest absolute Gasteiger partial charge is 0.361 e. The zero-order valence-corrected chi connectivity index (χ0v) is 17.3. The van der Waals surface area contributed by atoms with Crippen molar-refractivity contribution in [3.05, 3.63) is 38.5 Å². The summed E-state index contributed by atoms with van der Waals surface area (Å²) in [4.78, 5) is 23.8. The van der Waals surface area contributed by atoms with Gasteiger partial charge in [-0.1, -0.05) is 11.6 Å². The molecule has 2 fully saturated rings. The van der Waals surface area contributed by atoms with Gasteiger partial charge in [0.1, 0.15) is 17.1 Å². The molecule has 0 aromatic carbocycles. The molecule has 1 amide bonds. The molecule has 2 aliphatic rings. The number of nitrogens with one attached hydrogen (secondary N) is 1. The van der Waals surface area contributed by atoms with Crippen molar-refractivity contribution in [2.24, 2.45) is 17.8 Å². The van der Waals surface area contributed by atoms with Gasteiger partial charge in [-0.05, 0) is 64.7 Å². The van der Waals surface area contributed by atoms with Gasteiger partial charge in [0.2, 0.25) is 0 Å². The zero-order valence-electron chi connectivity index (χ0n) is 17.3. The molecule has 156 valence electrons. The molecule has 4 rings (SSSR count). The van der Waals surface area contributed by atoms with E-state index in [4.69, 9.17) is 4.52 Å². The molecule has 2 aromatic heterocycles. The SMILES string of the molecule is Cc1nn(Cc2c(C(=O)N[C@H](C)[C@@H]3C[C@H]4CC[C@H]3C4)noc2C)c(C)c1[N+](=O)[O-]. The third kappa shape index (κ3) is 3.42. The van der Waals surface area contributed by atoms with Crippen LogP contribution in [0.25, 0.3) is 0 Å². The van der Waals surface area contributed by atoms with Crippen LogP contribution in [0.4, 0.5) is 5.69 Å². The Hall–Kier alpha value is -2.71. The zero-order chi connectivity index (χ0) is 20.9. The molecule has 2 heterocycles. The second kappa shape index (κ2) is 7.27. The molecule has 0 unspecified atom stereocenters. The Morgan fingerprint density at radius 1 is 1.34 bits per heavy atom. The predicted molar refractivity (Wildman–Crippen MR) is 105 cm³/mol. The van der Waals surface area contributed by atoms with Crippen molar-refractivity contribution in [1.82, 2.24) is 20.3 Å². The molecule has 2 aliphatic carbocycles. The summed E-state index contributed by atoms with van der Waals surface area (Å²) in [5, 5.41) is 22.6. The first-order valence-corrected chi connectivity index (χ1v) is 10.2. The lowest BCUT2D eigenvalue weighted by atomic mass is 9.84. The number of aromatic nitrogens is 3. The Morgan fingerprint density at radius 2 is 2.10 bits per heavy atom. The molecule has 0 spiro atoms. The molecule has 1 N–H and O–H groups in total. The van der Waals surface area contributed by atoms with Crippen molar-refractivity contribution < 1.29 is 14.2 Å². The number of rotatable bonds is 6. The molecule has 2 bridgehead atoms. The van der Waals surface area contributed by atoms with E-state index in [0.29, 0.717) is 34.5 Å². The molecular weight excluding hydrogens is 374 g/mol. The molecule has 0 radical (unpaired) electrons. The van der Waals surface area contributed by atoms with Crippen molar-refractivity contribution in [3.63, 3.8) is 0 Å². The van der Waals surface area contributed by atoms with E-state index in [-0.39, 0.29) is 29.9 Å². The van der Waals surface area contributed by atoms with Crippen LogP contribution >= 0.6 is 0 Å². The van der Waals surface area contributed by atoms with Gasteiger partial charge in [-0.25, -0.2) is 0 Å². The third-order valence-electron chi connectivity index (χ3n) is 6.83. The number of carbonyl (C=O) groups excluding carboxylic acids is 1. The normalized spacial score (nSPS) is 24.1. The van der Waals surface area contributed by atoms with Gasteiger partial charge in [-0.3, -0.25) is 19.6 Å². The Labute approximate surface area is 169 Å². The Morgan fingerprint density at radius 3 is 2.69 bits per heavy atom. The average Bonchev–Trinajstić information content (AvgIpc) is 3.41. The minimum Gasteiger partial charge on any atom is -0.361 e. The molecule has 0 saturated heterocycles. The van der Waals surface area contributed by atoms with E-state index in [1.165, 1.54) is 30.4 Å². The summed E-state index contributed by atoms with van der Waals surface area (Å²) in [6, 6.07) is 0.0810. The quantitative estimate of drug-likeness (QED) is 0.586. The van der Waals surface area contributed by atoms with Crippen LogP contribution in [-0.2, 0) is 6.54 Å². The Balaban J connectivity index is 1.52. The summed E-state index contributed by atoms with van der Waals surface area (Å²) >= 11 is 0. The lowest BCUT2D eigenvalue weighted by Gasteiger charge is -2.28. The third-order valence-corrected chi connectivity index (χ3v) is 6.83. The summed E-state index contributed by atoms with van der Waals surface area (Å²) in [5.41, 5.74) is 1.61. The molecule has 9 heteroatoms. The fraction of sp³-hybridized carbons (Fsp3) is 0.650. The average molecular weight is 401 g/mol. The number of nitrogens with zero attached hydrogens (tertiary/aromatic N) is 4. The number of hydrogen-bond donors (Lipinski definition) is 1. The van der Waals surface area contributed by atoms with Gasteiger partial charge in [0, 0.05) is 11.6 Å². The highest BCUT2D eigenvalue weighted by Gasteiger charge is 2.42. The van der Waals surface area contributed by atoms with Crippen LogP contribution in [-0.4, -0.2) is 31.8 Å². The Kier molecular flexibility index (Phi) is 4.92. The smallest absolute Gasteiger partial charge is 0.312 e. The first kappa shape index (κ1) is 19.6. The van der Waals surface area contributed by atoms with E-state index in [9.17, 15) is 14.9 Å². The van der Waals surface area contributed by atoms with Crippen molar-refractivity contribution in [1.29, 1.82) is 0 Å². The topological polar surface area (TPSA) is 116 Å². The fourth-order valence-corrected chi connectivity index (χ4v) is 5.30. The standard InChI is InChI=1S/C20H27N5O4/c1-10(16-8-14-5-6-15(16)7-14)21-20(26)18-17(13(4)29-23-18)9-24-12(3)19(25(27)28)11(2)22-24/h10,14-16H,5-9H2,1-4H3,(H,21,26)/t10-,14+,15+,16+/m1/s1. The first-order chi connectivity index (χ1) is 13.8. The van der Waals surface area contributed by atoms with Gasteiger partial charge in [-0.15, -0.1) is 0 Å². The minimum atomic E-state index is -0.431. The van der Waals surface area contributed by atoms with Crippen LogP contribution < -0.4 is 5.32 Å². The molecule has 29 heavy (non-hydrogen) atoms. The summed E-state index contributed by atoms with van der Waals surface area (Å²) in [5.74, 6) is 2.30. The monoisotopic (exact) mass is 401 g/mol. The number of fused-ring (bicyclic) bond motifs is 2. The van der Waals surface area contributed by atoms with E-state index in [1.807, 2.05) is 0 Å². The lowest BCUT2D eigenvalue weighted by Crippen LogP contribution is -2.40. The van der Waals surface area contributed by atoms with Crippen molar-refractivity contribution in [2.75, 3.05) is 0 Å². The Bertz CT molecular complexity index is 962. The van der Waals surface area contributed by atoms with Crippen LogP contribution in [0.2, 0.25) is 0 Å². The fourth-order valence-electron chi connectivity index (χ4n) is 5.30. The molecule has 2 saturated carbocycles. The van der Waals surface area contributed by atoms with Gasteiger partial charge in [0.15, 0.2) is 5.69 Å².